The minimum atomic E-state index is -2.75. The average Bonchev–Trinajstić information content (AvgIpc) is 3.78. The molecule has 0 bridgehead atoms. The van der Waals surface area contributed by atoms with Gasteiger partial charge in [-0.05, 0) is 91.8 Å². The summed E-state index contributed by atoms with van der Waals surface area (Å²) in [6.07, 6.45) is 3.88. The molecule has 0 saturated heterocycles. The lowest BCUT2D eigenvalue weighted by atomic mass is 9.87. The summed E-state index contributed by atoms with van der Waals surface area (Å²) >= 11 is 1.03. The van der Waals surface area contributed by atoms with Crippen LogP contribution in [-0.2, 0) is 16.0 Å². The number of aromatic nitrogens is 2. The molecular weight excluding hydrogens is 603 g/mol. The number of Topliss-reactive ketones (excluding diaryl/α,β-unsaturated/α-hetero) is 1. The predicted octanol–water partition coefficient (Wildman–Crippen LogP) is 5.61. The quantitative estimate of drug-likeness (QED) is 0.174. The number of ketones is 1. The number of halogens is 1. The summed E-state index contributed by atoms with van der Waals surface area (Å²) in [7, 11) is 4.30. The number of fused-ring (bicyclic) bond motifs is 1. The molecule has 45 heavy (non-hydrogen) atoms. The molecule has 1 atom stereocenters. The first-order chi connectivity index (χ1) is 21.7. The van der Waals surface area contributed by atoms with Crippen LogP contribution in [0, 0.1) is 12.7 Å². The molecule has 6 rings (SSSR count). The number of methoxy groups -OCH3 is 3. The number of rotatable bonds is 10. The SMILES string of the molecule is COc1ccc(C(=O)C2(O)OC(=O)C(c3cc(C)c4nsnc4c3)=C2Cc2cc(OC)c(OC3CCCC3)c(OC)c2)cc1F. The van der Waals surface area contributed by atoms with Gasteiger partial charge in [-0.25, -0.2) is 9.18 Å². The van der Waals surface area contributed by atoms with Gasteiger partial charge in [-0.15, -0.1) is 0 Å². The molecule has 10 nitrogen and oxygen atoms in total. The van der Waals surface area contributed by atoms with Crippen LogP contribution in [-0.4, -0.2) is 58.8 Å². The molecule has 1 aliphatic heterocycles. The molecule has 3 aromatic carbocycles. The molecule has 234 valence electrons. The number of hydrogen-bond acceptors (Lipinski definition) is 11. The highest BCUT2D eigenvalue weighted by atomic mass is 32.1. The van der Waals surface area contributed by atoms with E-state index in [9.17, 15) is 19.1 Å². The number of esters is 1. The average molecular weight is 635 g/mol. The molecule has 1 fully saturated rings. The van der Waals surface area contributed by atoms with Gasteiger partial charge < -0.3 is 28.8 Å². The topological polar surface area (TPSA) is 126 Å². The van der Waals surface area contributed by atoms with Crippen molar-refractivity contribution in [3.05, 3.63) is 76.1 Å². The number of cyclic esters (lactones) is 1. The summed E-state index contributed by atoms with van der Waals surface area (Å²) in [5.74, 6) is -4.36. The Kier molecular flexibility index (Phi) is 8.19. The van der Waals surface area contributed by atoms with E-state index in [1.54, 1.807) is 24.3 Å². The molecule has 1 aliphatic carbocycles. The molecule has 0 spiro atoms. The largest absolute Gasteiger partial charge is 0.494 e. The Bertz CT molecular complexity index is 1820. The van der Waals surface area contributed by atoms with Crippen molar-refractivity contribution in [1.82, 2.24) is 8.75 Å². The van der Waals surface area contributed by atoms with Gasteiger partial charge in [0.05, 0.1) is 44.7 Å². The molecule has 1 unspecified atom stereocenters. The first kappa shape index (κ1) is 30.5. The van der Waals surface area contributed by atoms with E-state index in [0.717, 1.165) is 49.0 Å². The van der Waals surface area contributed by atoms with E-state index < -0.39 is 23.4 Å². The van der Waals surface area contributed by atoms with E-state index in [2.05, 4.69) is 8.75 Å². The summed E-state index contributed by atoms with van der Waals surface area (Å²) in [5, 5.41) is 12.0. The lowest BCUT2D eigenvalue weighted by Gasteiger charge is -2.25. The Balaban J connectivity index is 1.50. The maximum absolute atomic E-state index is 14.7. The molecule has 0 radical (unpaired) electrons. The second-order valence-corrected chi connectivity index (χ2v) is 11.5. The van der Waals surface area contributed by atoms with E-state index in [4.69, 9.17) is 23.7 Å². The number of benzene rings is 3. The molecule has 1 saturated carbocycles. The van der Waals surface area contributed by atoms with E-state index in [0.29, 0.717) is 39.4 Å². The molecule has 1 aromatic heterocycles. The van der Waals surface area contributed by atoms with Crippen molar-refractivity contribution in [2.75, 3.05) is 21.3 Å². The Hall–Kier alpha value is -4.55. The zero-order valence-corrected chi connectivity index (χ0v) is 26.0. The number of hydrogen-bond donors (Lipinski definition) is 1. The number of aryl methyl sites for hydroxylation is 1. The highest BCUT2D eigenvalue weighted by molar-refractivity contribution is 7.00. The van der Waals surface area contributed by atoms with Gasteiger partial charge in [0.25, 0.3) is 0 Å². The number of ether oxygens (including phenoxy) is 5. The summed E-state index contributed by atoms with van der Waals surface area (Å²) < 4.78 is 51.4. The predicted molar refractivity (Wildman–Crippen MR) is 164 cm³/mol. The molecule has 2 heterocycles. The van der Waals surface area contributed by atoms with E-state index in [1.807, 2.05) is 6.92 Å². The van der Waals surface area contributed by atoms with Crippen LogP contribution >= 0.6 is 11.7 Å². The van der Waals surface area contributed by atoms with Crippen molar-refractivity contribution in [3.63, 3.8) is 0 Å². The van der Waals surface area contributed by atoms with Crippen LogP contribution in [0.3, 0.4) is 0 Å². The zero-order valence-electron chi connectivity index (χ0n) is 25.1. The fourth-order valence-corrected chi connectivity index (χ4v) is 6.54. The number of aliphatic hydroxyl groups is 1. The standard InChI is InChI=1S/C33H31FN2O8S/c1-17-11-20(16-24-29(17)36-45-35-24)28-22(33(39,44-32(28)38)31(37)19-9-10-25(40-2)23(34)15-19)12-18-13-26(41-3)30(27(14-18)42-4)43-21-7-5-6-8-21/h9-11,13-16,21,39H,5-8,12H2,1-4H3. The van der Waals surface area contributed by atoms with E-state index in [-0.39, 0.29) is 35.0 Å². The fraction of sp³-hybridized carbons (Fsp3) is 0.333. The first-order valence-corrected chi connectivity index (χ1v) is 15.1. The van der Waals surface area contributed by atoms with Gasteiger partial charge in [0.15, 0.2) is 23.1 Å². The van der Waals surface area contributed by atoms with Crippen LogP contribution in [0.2, 0.25) is 0 Å². The third-order valence-electron chi connectivity index (χ3n) is 8.21. The Morgan fingerprint density at radius 2 is 1.71 bits per heavy atom. The van der Waals surface area contributed by atoms with Crippen LogP contribution in [0.1, 0.15) is 52.7 Å². The highest BCUT2D eigenvalue weighted by Crippen LogP contribution is 2.45. The smallest absolute Gasteiger partial charge is 0.342 e. The van der Waals surface area contributed by atoms with Gasteiger partial charge in [-0.3, -0.25) is 4.79 Å². The second-order valence-electron chi connectivity index (χ2n) is 11.0. The van der Waals surface area contributed by atoms with Crippen molar-refractivity contribution < 1.29 is 42.8 Å². The lowest BCUT2D eigenvalue weighted by molar-refractivity contribution is -0.166. The third kappa shape index (κ3) is 5.48. The van der Waals surface area contributed by atoms with Gasteiger partial charge in [-0.1, -0.05) is 0 Å². The molecule has 1 N–H and O–H groups in total. The number of nitrogens with zero attached hydrogens (tertiary/aromatic N) is 2. The minimum Gasteiger partial charge on any atom is -0.494 e. The lowest BCUT2D eigenvalue weighted by Crippen LogP contribution is -2.42. The number of carbonyl (C=O) groups excluding carboxylic acids is 2. The zero-order chi connectivity index (χ0) is 31.9. The normalized spacial score (nSPS) is 18.4. The van der Waals surface area contributed by atoms with Crippen molar-refractivity contribution in [2.24, 2.45) is 0 Å². The molecule has 4 aromatic rings. The van der Waals surface area contributed by atoms with Gasteiger partial charge >= 0.3 is 11.8 Å². The van der Waals surface area contributed by atoms with Gasteiger partial charge in [0, 0.05) is 17.6 Å². The minimum absolute atomic E-state index is 0.0120. The van der Waals surface area contributed by atoms with Crippen molar-refractivity contribution in [2.45, 2.75) is 50.9 Å². The highest BCUT2D eigenvalue weighted by Gasteiger charge is 2.53. The van der Waals surface area contributed by atoms with Crippen LogP contribution < -0.4 is 18.9 Å². The van der Waals surface area contributed by atoms with Gasteiger partial charge in [0.1, 0.15) is 11.0 Å². The second kappa shape index (κ2) is 12.1. The van der Waals surface area contributed by atoms with Crippen LogP contribution in [0.25, 0.3) is 16.6 Å². The molecular formula is C33H31FN2O8S. The maximum Gasteiger partial charge on any atom is 0.342 e. The fourth-order valence-electron chi connectivity index (χ4n) is 5.95. The van der Waals surface area contributed by atoms with Crippen molar-refractivity contribution in [1.29, 1.82) is 0 Å². The Labute approximate surface area is 262 Å². The Morgan fingerprint density at radius 1 is 1.02 bits per heavy atom. The molecule has 2 aliphatic rings. The summed E-state index contributed by atoms with van der Waals surface area (Å²) in [5.41, 5.74) is 2.62. The van der Waals surface area contributed by atoms with E-state index >= 15 is 0 Å². The van der Waals surface area contributed by atoms with E-state index in [1.165, 1.54) is 33.5 Å². The van der Waals surface area contributed by atoms with Crippen LogP contribution in [0.5, 0.6) is 23.0 Å². The van der Waals surface area contributed by atoms with Crippen molar-refractivity contribution in [3.8, 4) is 23.0 Å². The van der Waals surface area contributed by atoms with Gasteiger partial charge in [-0.2, -0.15) is 8.75 Å². The first-order valence-electron chi connectivity index (χ1n) is 14.4. The Morgan fingerprint density at radius 3 is 2.36 bits per heavy atom. The van der Waals surface area contributed by atoms with Crippen LogP contribution in [0.15, 0.2) is 48.0 Å². The van der Waals surface area contributed by atoms with Crippen LogP contribution in [0.4, 0.5) is 4.39 Å². The molecule has 12 heteroatoms. The summed E-state index contributed by atoms with van der Waals surface area (Å²) in [6, 6.07) is 10.3. The van der Waals surface area contributed by atoms with Gasteiger partial charge in [0.2, 0.25) is 11.5 Å². The third-order valence-corrected chi connectivity index (χ3v) is 8.75. The van der Waals surface area contributed by atoms with Crippen molar-refractivity contribution >= 4 is 40.1 Å². The monoisotopic (exact) mass is 634 g/mol. The molecule has 0 amide bonds. The number of carbonyl (C=O) groups is 2. The maximum atomic E-state index is 14.7. The summed E-state index contributed by atoms with van der Waals surface area (Å²) in [4.78, 5) is 27.5. The summed E-state index contributed by atoms with van der Waals surface area (Å²) in [6.45, 7) is 1.82.